The van der Waals surface area contributed by atoms with E-state index < -0.39 is 23.5 Å². The van der Waals surface area contributed by atoms with E-state index in [4.69, 9.17) is 28.3 Å². The Kier molecular flexibility index (Phi) is 6.26. The maximum atomic E-state index is 12.9. The Morgan fingerprint density at radius 1 is 1.07 bits per heavy atom. The quantitative estimate of drug-likeness (QED) is 0.438. The molecule has 0 fully saturated rings. The molecule has 0 radical (unpaired) electrons. The van der Waals surface area contributed by atoms with Gasteiger partial charge in [0.2, 0.25) is 0 Å². The minimum absolute atomic E-state index is 0.0198. The second-order valence-electron chi connectivity index (χ2n) is 6.27. The van der Waals surface area contributed by atoms with E-state index in [1.165, 1.54) is 39.0 Å². The number of carboxylic acids is 1. The maximum absolute atomic E-state index is 12.9. The van der Waals surface area contributed by atoms with Crippen molar-refractivity contribution in [1.82, 2.24) is 0 Å². The first-order valence-electron chi connectivity index (χ1n) is 7.97. The lowest BCUT2D eigenvalue weighted by Gasteiger charge is -2.13. The van der Waals surface area contributed by atoms with Crippen LogP contribution in [0.5, 0.6) is 0 Å². The summed E-state index contributed by atoms with van der Waals surface area (Å²) >= 11 is 12.1. The van der Waals surface area contributed by atoms with E-state index >= 15 is 0 Å². The Morgan fingerprint density at radius 3 is 2.07 bits per heavy atom. The molecule has 2 aromatic rings. The van der Waals surface area contributed by atoms with Crippen LogP contribution in [-0.4, -0.2) is 16.9 Å². The summed E-state index contributed by atoms with van der Waals surface area (Å²) in [6.07, 6.45) is -3.03. The molecule has 0 aromatic heterocycles. The third-order valence-corrected chi connectivity index (χ3v) is 4.90. The number of Topliss-reactive ketones (excluding diaryl/α,β-unsaturated/α-hetero) is 1. The van der Waals surface area contributed by atoms with E-state index in [1.807, 2.05) is 0 Å². The van der Waals surface area contributed by atoms with Crippen LogP contribution in [0.3, 0.4) is 0 Å². The van der Waals surface area contributed by atoms with E-state index in [0.29, 0.717) is 16.7 Å². The maximum Gasteiger partial charge on any atom is 0.416 e. The van der Waals surface area contributed by atoms with E-state index in [0.717, 1.165) is 12.1 Å². The van der Waals surface area contributed by atoms with Crippen LogP contribution >= 0.6 is 23.2 Å². The molecule has 0 bridgehead atoms. The van der Waals surface area contributed by atoms with Crippen molar-refractivity contribution < 1.29 is 27.9 Å². The zero-order chi connectivity index (χ0) is 21.4. The smallest absolute Gasteiger partial charge is 0.416 e. The second-order valence-corrected chi connectivity index (χ2v) is 7.05. The van der Waals surface area contributed by atoms with Gasteiger partial charge in [0.25, 0.3) is 0 Å². The molecule has 28 heavy (non-hydrogen) atoms. The summed E-state index contributed by atoms with van der Waals surface area (Å²) < 4.78 is 38.8. The fourth-order valence-electron chi connectivity index (χ4n) is 2.77. The summed E-state index contributed by atoms with van der Waals surface area (Å²) in [4.78, 5) is 24.0. The number of halogens is 5. The van der Waals surface area contributed by atoms with Crippen molar-refractivity contribution in [3.05, 3.63) is 73.3 Å². The highest BCUT2D eigenvalue weighted by atomic mass is 35.5. The lowest BCUT2D eigenvalue weighted by Crippen LogP contribution is -2.08. The molecule has 8 heteroatoms. The van der Waals surface area contributed by atoms with E-state index in [9.17, 15) is 22.8 Å². The van der Waals surface area contributed by atoms with Gasteiger partial charge in [0, 0.05) is 0 Å². The van der Waals surface area contributed by atoms with Crippen LogP contribution in [0.4, 0.5) is 13.2 Å². The lowest BCUT2D eigenvalue weighted by atomic mass is 9.94. The Morgan fingerprint density at radius 2 is 1.61 bits per heavy atom. The van der Waals surface area contributed by atoms with Crippen LogP contribution in [0.1, 0.15) is 49.9 Å². The first-order valence-corrected chi connectivity index (χ1v) is 8.73. The Hall–Kier alpha value is -2.31. The molecular weight excluding hydrogens is 416 g/mol. The number of hydrogen-bond acceptors (Lipinski definition) is 2. The molecule has 0 saturated carbocycles. The van der Waals surface area contributed by atoms with Crippen molar-refractivity contribution in [1.29, 1.82) is 0 Å². The van der Waals surface area contributed by atoms with Gasteiger partial charge in [0.1, 0.15) is 0 Å². The molecule has 0 aliphatic heterocycles. The minimum Gasteiger partial charge on any atom is -0.478 e. The van der Waals surface area contributed by atoms with Crippen molar-refractivity contribution in [2.75, 3.05) is 0 Å². The number of carbonyl (C=O) groups is 2. The van der Waals surface area contributed by atoms with Crippen molar-refractivity contribution in [3.8, 4) is 0 Å². The normalized spacial score (nSPS) is 12.2. The highest BCUT2D eigenvalue weighted by Gasteiger charge is 2.31. The monoisotopic (exact) mass is 430 g/mol. The number of ketones is 1. The Labute approximate surface area is 169 Å². The fraction of sp³-hybridized carbons (Fsp3) is 0.200. The largest absolute Gasteiger partial charge is 0.478 e. The van der Waals surface area contributed by atoms with Gasteiger partial charge in [-0.3, -0.25) is 4.79 Å². The molecule has 0 atom stereocenters. The number of aryl methyl sites for hydroxylation is 2. The van der Waals surface area contributed by atoms with Crippen molar-refractivity contribution in [3.63, 3.8) is 0 Å². The number of benzene rings is 2. The van der Waals surface area contributed by atoms with Crippen LogP contribution in [0.15, 0.2) is 29.8 Å². The number of hydrogen-bond donors (Lipinski definition) is 1. The molecule has 148 valence electrons. The molecule has 0 aliphatic carbocycles. The van der Waals surface area contributed by atoms with Crippen molar-refractivity contribution in [2.45, 2.75) is 26.9 Å². The predicted molar refractivity (Wildman–Crippen MR) is 102 cm³/mol. The minimum atomic E-state index is -4.47. The van der Waals surface area contributed by atoms with Gasteiger partial charge in [-0.25, -0.2) is 4.79 Å². The summed E-state index contributed by atoms with van der Waals surface area (Å²) in [5.41, 5.74) is 0.0804. The van der Waals surface area contributed by atoms with Gasteiger partial charge < -0.3 is 5.11 Å². The molecule has 2 aromatic carbocycles. The van der Waals surface area contributed by atoms with Gasteiger partial charge in [-0.2, -0.15) is 13.2 Å². The molecule has 0 unspecified atom stereocenters. The van der Waals surface area contributed by atoms with Crippen molar-refractivity contribution in [2.24, 2.45) is 0 Å². The summed E-state index contributed by atoms with van der Waals surface area (Å²) in [7, 11) is 0. The first-order chi connectivity index (χ1) is 12.8. The second kappa shape index (κ2) is 7.97. The molecule has 2 rings (SSSR count). The summed E-state index contributed by atoms with van der Waals surface area (Å²) in [6.45, 7) is 4.48. The van der Waals surface area contributed by atoms with Gasteiger partial charge in [-0.15, -0.1) is 0 Å². The van der Waals surface area contributed by atoms with E-state index in [1.54, 1.807) is 0 Å². The van der Waals surface area contributed by atoms with E-state index in [-0.39, 0.29) is 26.7 Å². The molecular formula is C20H15Cl2F3O3. The zero-order valence-electron chi connectivity index (χ0n) is 15.0. The SMILES string of the molecule is C/C(=C\c1c(C)cc(C(F)(F)F)cc1C)C(=O)c1c(Cl)ccc(C(=O)O)c1Cl. The highest BCUT2D eigenvalue weighted by molar-refractivity contribution is 6.42. The number of carbonyl (C=O) groups excluding carboxylic acids is 1. The lowest BCUT2D eigenvalue weighted by molar-refractivity contribution is -0.137. The van der Waals surface area contributed by atoms with Crippen molar-refractivity contribution >= 4 is 41.0 Å². The summed E-state index contributed by atoms with van der Waals surface area (Å²) in [5, 5.41) is 8.84. The van der Waals surface area contributed by atoms with Gasteiger partial charge in [0.15, 0.2) is 5.78 Å². The third-order valence-electron chi connectivity index (χ3n) is 4.19. The average Bonchev–Trinajstić information content (AvgIpc) is 2.56. The van der Waals surface area contributed by atoms with Crippen LogP contribution in [0.2, 0.25) is 10.0 Å². The van der Waals surface area contributed by atoms with Crippen LogP contribution in [-0.2, 0) is 6.18 Å². The third kappa shape index (κ3) is 4.39. The topological polar surface area (TPSA) is 54.4 Å². The number of aromatic carboxylic acids is 1. The number of alkyl halides is 3. The van der Waals surface area contributed by atoms with Crippen LogP contribution in [0, 0.1) is 13.8 Å². The zero-order valence-corrected chi connectivity index (χ0v) is 16.6. The Balaban J connectivity index is 2.55. The first kappa shape index (κ1) is 22.0. The summed E-state index contributed by atoms with van der Waals surface area (Å²) in [6, 6.07) is 4.45. The van der Waals surface area contributed by atoms with Gasteiger partial charge in [0.05, 0.1) is 26.7 Å². The molecule has 0 heterocycles. The molecule has 1 N–H and O–H groups in total. The molecule has 0 spiro atoms. The number of carboxylic acid groups (broad SMARTS) is 1. The molecule has 0 aliphatic rings. The highest BCUT2D eigenvalue weighted by Crippen LogP contribution is 2.34. The van der Waals surface area contributed by atoms with E-state index in [2.05, 4.69) is 0 Å². The average molecular weight is 431 g/mol. The van der Waals surface area contributed by atoms with Gasteiger partial charge >= 0.3 is 12.1 Å². The molecule has 3 nitrogen and oxygen atoms in total. The number of allylic oxidation sites excluding steroid dienone is 1. The Bertz CT molecular complexity index is 985. The fourth-order valence-corrected chi connectivity index (χ4v) is 3.39. The van der Waals surface area contributed by atoms with Crippen LogP contribution < -0.4 is 0 Å². The van der Waals surface area contributed by atoms with Crippen LogP contribution in [0.25, 0.3) is 6.08 Å². The molecule has 0 amide bonds. The number of rotatable bonds is 4. The summed E-state index contributed by atoms with van der Waals surface area (Å²) in [5.74, 6) is -1.93. The van der Waals surface area contributed by atoms with Gasteiger partial charge in [-0.1, -0.05) is 23.2 Å². The predicted octanol–water partition coefficient (Wildman–Crippen LogP) is 6.61. The standard InChI is InChI=1S/C20H15Cl2F3O3/c1-9-6-12(20(23,24)25)7-10(2)14(9)8-11(3)18(26)16-15(21)5-4-13(17(16)22)19(27)28/h4-8H,1-3H3,(H,27,28)/b11-8+. The molecule has 0 saturated heterocycles. The van der Waals surface area contributed by atoms with Gasteiger partial charge in [-0.05, 0) is 73.4 Å².